The van der Waals surface area contributed by atoms with Crippen molar-refractivity contribution >= 4 is 11.9 Å². The van der Waals surface area contributed by atoms with E-state index in [1.807, 2.05) is 30.3 Å². The van der Waals surface area contributed by atoms with Crippen LogP contribution in [0.25, 0.3) is 16.9 Å². The number of ether oxygens (including phenoxy) is 1. The summed E-state index contributed by atoms with van der Waals surface area (Å²) in [6.07, 6.45) is 4.95. The third-order valence-electron chi connectivity index (χ3n) is 5.95. The SMILES string of the molecule is COC(=O)C(NC(=O)c1cc(-c2ccccc2)n(-c2ccc(F)cc2)n1)C1CCCCC1. The standard InChI is InChI=1S/C25H26FN3O3/c1-32-25(31)23(18-10-6-3-7-11-18)27-24(30)21-16-22(17-8-4-2-5-9-17)29(28-21)20-14-12-19(26)13-15-20/h2,4-5,8-9,12-16,18,23H,3,6-7,10-11H2,1H3,(H,27,30). The predicted molar refractivity (Wildman–Crippen MR) is 119 cm³/mol. The van der Waals surface area contributed by atoms with Gasteiger partial charge in [-0.2, -0.15) is 5.10 Å². The first-order valence-electron chi connectivity index (χ1n) is 10.9. The molecule has 1 saturated carbocycles. The van der Waals surface area contributed by atoms with Gasteiger partial charge in [0.05, 0.1) is 18.5 Å². The molecule has 1 aliphatic rings. The lowest BCUT2D eigenvalue weighted by atomic mass is 9.84. The lowest BCUT2D eigenvalue weighted by molar-refractivity contribution is -0.144. The summed E-state index contributed by atoms with van der Waals surface area (Å²) >= 11 is 0. The smallest absolute Gasteiger partial charge is 0.328 e. The number of carbonyl (C=O) groups is 2. The Kier molecular flexibility index (Phi) is 6.63. The van der Waals surface area contributed by atoms with Crippen LogP contribution < -0.4 is 5.32 Å². The number of nitrogens with zero attached hydrogens (tertiary/aromatic N) is 2. The van der Waals surface area contributed by atoms with Gasteiger partial charge in [-0.1, -0.05) is 49.6 Å². The van der Waals surface area contributed by atoms with E-state index in [1.165, 1.54) is 19.2 Å². The maximum absolute atomic E-state index is 13.5. The molecule has 32 heavy (non-hydrogen) atoms. The van der Waals surface area contributed by atoms with Gasteiger partial charge in [0.15, 0.2) is 5.69 Å². The molecule has 1 aromatic heterocycles. The van der Waals surface area contributed by atoms with Crippen LogP contribution in [0.5, 0.6) is 0 Å². The molecule has 0 bridgehead atoms. The summed E-state index contributed by atoms with van der Waals surface area (Å²) in [6.45, 7) is 0. The van der Waals surface area contributed by atoms with Crippen LogP contribution in [0.3, 0.4) is 0 Å². The van der Waals surface area contributed by atoms with Gasteiger partial charge in [0.25, 0.3) is 5.91 Å². The fraction of sp³-hybridized carbons (Fsp3) is 0.320. The van der Waals surface area contributed by atoms with E-state index in [1.54, 1.807) is 22.9 Å². The second kappa shape index (κ2) is 9.77. The van der Waals surface area contributed by atoms with Crippen LogP contribution in [0.1, 0.15) is 42.6 Å². The third-order valence-corrected chi connectivity index (χ3v) is 5.95. The molecular formula is C25H26FN3O3. The second-order valence-electron chi connectivity index (χ2n) is 8.04. The number of aromatic nitrogens is 2. The van der Waals surface area contributed by atoms with Crippen molar-refractivity contribution in [2.45, 2.75) is 38.1 Å². The summed E-state index contributed by atoms with van der Waals surface area (Å²) in [5.74, 6) is -1.18. The molecule has 0 spiro atoms. The molecule has 0 saturated heterocycles. The Morgan fingerprint density at radius 1 is 1.06 bits per heavy atom. The largest absolute Gasteiger partial charge is 0.467 e. The van der Waals surface area contributed by atoms with E-state index >= 15 is 0 Å². The van der Waals surface area contributed by atoms with Gasteiger partial charge < -0.3 is 10.1 Å². The lowest BCUT2D eigenvalue weighted by Gasteiger charge is -2.28. The van der Waals surface area contributed by atoms with Crippen LogP contribution in [0.15, 0.2) is 60.7 Å². The highest BCUT2D eigenvalue weighted by atomic mass is 19.1. The van der Waals surface area contributed by atoms with E-state index in [4.69, 9.17) is 4.74 Å². The summed E-state index contributed by atoms with van der Waals surface area (Å²) < 4.78 is 20.0. The van der Waals surface area contributed by atoms with E-state index in [-0.39, 0.29) is 17.4 Å². The lowest BCUT2D eigenvalue weighted by Crippen LogP contribution is -2.47. The van der Waals surface area contributed by atoms with Crippen LogP contribution >= 0.6 is 0 Å². The van der Waals surface area contributed by atoms with Crippen LogP contribution in [-0.2, 0) is 9.53 Å². The fourth-order valence-electron chi connectivity index (χ4n) is 4.26. The Labute approximate surface area is 186 Å². The number of hydrogen-bond acceptors (Lipinski definition) is 4. The monoisotopic (exact) mass is 435 g/mol. The summed E-state index contributed by atoms with van der Waals surface area (Å²) in [6, 6.07) is 16.4. The topological polar surface area (TPSA) is 73.2 Å². The van der Waals surface area contributed by atoms with E-state index in [0.717, 1.165) is 37.7 Å². The number of halogens is 1. The first-order chi connectivity index (χ1) is 15.6. The zero-order valence-corrected chi connectivity index (χ0v) is 18.0. The maximum Gasteiger partial charge on any atom is 0.328 e. The number of hydrogen-bond donors (Lipinski definition) is 1. The highest BCUT2D eigenvalue weighted by Crippen LogP contribution is 2.28. The van der Waals surface area contributed by atoms with E-state index in [0.29, 0.717) is 11.4 Å². The van der Waals surface area contributed by atoms with Crippen LogP contribution in [0.4, 0.5) is 4.39 Å². The summed E-state index contributed by atoms with van der Waals surface area (Å²) in [5.41, 5.74) is 2.36. The highest BCUT2D eigenvalue weighted by molar-refractivity contribution is 5.96. The average Bonchev–Trinajstić information content (AvgIpc) is 3.29. The number of rotatable bonds is 6. The molecular weight excluding hydrogens is 409 g/mol. The summed E-state index contributed by atoms with van der Waals surface area (Å²) in [5, 5.41) is 7.36. The fourth-order valence-corrected chi connectivity index (χ4v) is 4.26. The number of nitrogens with one attached hydrogen (secondary N) is 1. The molecule has 0 radical (unpaired) electrons. The summed E-state index contributed by atoms with van der Waals surface area (Å²) in [7, 11) is 1.33. The molecule has 2 aromatic carbocycles. The normalized spacial score (nSPS) is 15.2. The molecule has 0 aliphatic heterocycles. The number of benzene rings is 2. The average molecular weight is 435 g/mol. The van der Waals surface area contributed by atoms with E-state index in [9.17, 15) is 14.0 Å². The quantitative estimate of drug-likeness (QED) is 0.578. The Morgan fingerprint density at radius 2 is 1.75 bits per heavy atom. The van der Waals surface area contributed by atoms with E-state index < -0.39 is 17.9 Å². The van der Waals surface area contributed by atoms with Crippen molar-refractivity contribution in [1.82, 2.24) is 15.1 Å². The molecule has 1 amide bonds. The Morgan fingerprint density at radius 3 is 2.41 bits per heavy atom. The minimum Gasteiger partial charge on any atom is -0.467 e. The van der Waals surface area contributed by atoms with Crippen molar-refractivity contribution in [3.63, 3.8) is 0 Å². The zero-order chi connectivity index (χ0) is 22.5. The molecule has 1 N–H and O–H groups in total. The van der Waals surface area contributed by atoms with Crippen molar-refractivity contribution in [2.75, 3.05) is 7.11 Å². The van der Waals surface area contributed by atoms with Gasteiger partial charge in [0, 0.05) is 5.56 Å². The van der Waals surface area contributed by atoms with Gasteiger partial charge in [0.2, 0.25) is 0 Å². The Bertz CT molecular complexity index is 1070. The second-order valence-corrected chi connectivity index (χ2v) is 8.04. The third kappa shape index (κ3) is 4.72. The van der Waals surface area contributed by atoms with Gasteiger partial charge in [0.1, 0.15) is 11.9 Å². The molecule has 166 valence electrons. The van der Waals surface area contributed by atoms with Gasteiger partial charge in [-0.3, -0.25) is 4.79 Å². The van der Waals surface area contributed by atoms with Crippen LogP contribution in [-0.4, -0.2) is 34.8 Å². The van der Waals surface area contributed by atoms with Gasteiger partial charge >= 0.3 is 5.97 Å². The molecule has 7 heteroatoms. The first-order valence-corrected chi connectivity index (χ1v) is 10.9. The van der Waals surface area contributed by atoms with Crippen molar-refractivity contribution in [3.05, 3.63) is 72.2 Å². The van der Waals surface area contributed by atoms with Gasteiger partial charge in [-0.05, 0) is 49.1 Å². The maximum atomic E-state index is 13.5. The number of carbonyl (C=O) groups excluding carboxylic acids is 2. The molecule has 3 aromatic rings. The van der Waals surface area contributed by atoms with Crippen LogP contribution in [0.2, 0.25) is 0 Å². The molecule has 6 nitrogen and oxygen atoms in total. The number of methoxy groups -OCH3 is 1. The van der Waals surface area contributed by atoms with Crippen molar-refractivity contribution < 1.29 is 18.7 Å². The first kappa shape index (κ1) is 21.7. The Balaban J connectivity index is 1.67. The van der Waals surface area contributed by atoms with Gasteiger partial charge in [-0.15, -0.1) is 0 Å². The minimum atomic E-state index is -0.705. The highest BCUT2D eigenvalue weighted by Gasteiger charge is 2.32. The molecule has 1 aliphatic carbocycles. The van der Waals surface area contributed by atoms with Gasteiger partial charge in [-0.25, -0.2) is 13.9 Å². The summed E-state index contributed by atoms with van der Waals surface area (Å²) in [4.78, 5) is 25.6. The molecule has 4 rings (SSSR count). The molecule has 1 atom stereocenters. The van der Waals surface area contributed by atoms with E-state index in [2.05, 4.69) is 10.4 Å². The van der Waals surface area contributed by atoms with Crippen molar-refractivity contribution in [3.8, 4) is 16.9 Å². The zero-order valence-electron chi connectivity index (χ0n) is 18.0. The minimum absolute atomic E-state index is 0.0490. The number of amides is 1. The van der Waals surface area contributed by atoms with Crippen molar-refractivity contribution in [2.24, 2.45) is 5.92 Å². The van der Waals surface area contributed by atoms with Crippen LogP contribution in [0, 0.1) is 11.7 Å². The van der Waals surface area contributed by atoms with Crippen molar-refractivity contribution in [1.29, 1.82) is 0 Å². The molecule has 1 unspecified atom stereocenters. The number of esters is 1. The molecule has 1 fully saturated rings. The Hall–Kier alpha value is -3.48. The molecule has 1 heterocycles. The predicted octanol–water partition coefficient (Wildman–Crippen LogP) is 4.53.